The molecule has 0 aliphatic heterocycles. The number of carbonyl (C=O) groups is 1. The molecule has 0 aromatic heterocycles. The van der Waals surface area contributed by atoms with Gasteiger partial charge in [0.05, 0.1) is 11.2 Å². The number of hydrogen-bond donors (Lipinski definition) is 1. The Morgan fingerprint density at radius 3 is 1.75 bits per heavy atom. The van der Waals surface area contributed by atoms with Gasteiger partial charge in [-0.3, -0.25) is 0 Å². The van der Waals surface area contributed by atoms with Gasteiger partial charge in [-0.2, -0.15) is 0 Å². The third-order valence-corrected chi connectivity index (χ3v) is 4.47. The molecule has 0 radical (unpaired) electrons. The third-order valence-electron chi connectivity index (χ3n) is 4.47. The standard InChI is InChI=1S/C18H36O6/c1-9-13-14(21-22-16(5,6)10-2)18(12-4,15(19)20)24-23-17(7,8)11-3/h14H,9-13H2,1-8H3,(H,19,20). The zero-order valence-electron chi connectivity index (χ0n) is 16.6. The Labute approximate surface area is 146 Å². The summed E-state index contributed by atoms with van der Waals surface area (Å²) >= 11 is 0. The van der Waals surface area contributed by atoms with Crippen molar-refractivity contribution in [2.45, 2.75) is 110 Å². The highest BCUT2D eigenvalue weighted by atomic mass is 17.2. The molecule has 0 saturated carbocycles. The van der Waals surface area contributed by atoms with Crippen LogP contribution in [0.3, 0.4) is 0 Å². The number of aliphatic carboxylic acids is 1. The molecule has 0 aromatic carbocycles. The van der Waals surface area contributed by atoms with E-state index < -0.39 is 28.9 Å². The van der Waals surface area contributed by atoms with Gasteiger partial charge in [0.1, 0.15) is 6.10 Å². The molecule has 0 heterocycles. The van der Waals surface area contributed by atoms with Crippen LogP contribution in [-0.4, -0.2) is 34.0 Å². The Morgan fingerprint density at radius 2 is 1.38 bits per heavy atom. The molecule has 0 rings (SSSR count). The van der Waals surface area contributed by atoms with Crippen molar-refractivity contribution in [1.29, 1.82) is 0 Å². The average molecular weight is 348 g/mol. The molecule has 144 valence electrons. The van der Waals surface area contributed by atoms with Crippen molar-refractivity contribution < 1.29 is 29.5 Å². The first-order valence-corrected chi connectivity index (χ1v) is 8.95. The summed E-state index contributed by atoms with van der Waals surface area (Å²) in [5.74, 6) is -1.12. The Balaban J connectivity index is 5.41. The smallest absolute Gasteiger partial charge is 0.342 e. The lowest BCUT2D eigenvalue weighted by Gasteiger charge is -2.37. The van der Waals surface area contributed by atoms with Crippen LogP contribution >= 0.6 is 0 Å². The van der Waals surface area contributed by atoms with E-state index in [0.717, 1.165) is 12.8 Å². The maximum atomic E-state index is 12.0. The molecule has 6 heteroatoms. The largest absolute Gasteiger partial charge is 0.479 e. The van der Waals surface area contributed by atoms with Gasteiger partial charge in [0.15, 0.2) is 0 Å². The summed E-state index contributed by atoms with van der Waals surface area (Å²) in [5, 5.41) is 9.84. The van der Waals surface area contributed by atoms with Crippen molar-refractivity contribution in [3.8, 4) is 0 Å². The second kappa shape index (κ2) is 9.70. The fraction of sp³-hybridized carbons (Fsp3) is 0.944. The van der Waals surface area contributed by atoms with Crippen LogP contribution in [0.25, 0.3) is 0 Å². The molecular formula is C18H36O6. The van der Waals surface area contributed by atoms with Gasteiger partial charge in [-0.1, -0.05) is 34.1 Å². The summed E-state index contributed by atoms with van der Waals surface area (Å²) in [6, 6.07) is 0. The minimum atomic E-state index is -1.62. The maximum Gasteiger partial charge on any atom is 0.342 e. The first-order valence-electron chi connectivity index (χ1n) is 8.95. The van der Waals surface area contributed by atoms with Crippen LogP contribution in [0.4, 0.5) is 0 Å². The molecule has 0 fully saturated rings. The van der Waals surface area contributed by atoms with Gasteiger partial charge in [-0.15, -0.1) is 0 Å². The number of rotatable bonds is 13. The first-order chi connectivity index (χ1) is 11.0. The lowest BCUT2D eigenvalue weighted by atomic mass is 9.90. The Hall–Kier alpha value is -0.690. The van der Waals surface area contributed by atoms with Gasteiger partial charge in [0.2, 0.25) is 5.60 Å². The quantitative estimate of drug-likeness (QED) is 0.385. The zero-order chi connectivity index (χ0) is 19.0. The van der Waals surface area contributed by atoms with E-state index in [0.29, 0.717) is 12.8 Å². The van der Waals surface area contributed by atoms with Crippen LogP contribution in [0.5, 0.6) is 0 Å². The molecule has 0 saturated heterocycles. The second-order valence-electron chi connectivity index (χ2n) is 7.40. The molecule has 0 spiro atoms. The molecule has 0 bridgehead atoms. The zero-order valence-corrected chi connectivity index (χ0v) is 16.6. The van der Waals surface area contributed by atoms with Gasteiger partial charge in [-0.25, -0.2) is 24.3 Å². The number of carboxylic acids is 1. The van der Waals surface area contributed by atoms with Crippen LogP contribution < -0.4 is 0 Å². The summed E-state index contributed by atoms with van der Waals surface area (Å²) in [7, 11) is 0. The molecule has 0 aliphatic carbocycles. The third kappa shape index (κ3) is 6.67. The van der Waals surface area contributed by atoms with Crippen molar-refractivity contribution in [2.75, 3.05) is 0 Å². The summed E-state index contributed by atoms with van der Waals surface area (Å²) < 4.78 is 0. The minimum absolute atomic E-state index is 0.197. The lowest BCUT2D eigenvalue weighted by Crippen LogP contribution is -2.54. The van der Waals surface area contributed by atoms with Crippen LogP contribution in [0.1, 0.15) is 87.5 Å². The molecule has 0 aliphatic rings. The minimum Gasteiger partial charge on any atom is -0.479 e. The van der Waals surface area contributed by atoms with E-state index in [9.17, 15) is 9.90 Å². The molecule has 6 nitrogen and oxygen atoms in total. The Kier molecular flexibility index (Phi) is 9.43. The monoisotopic (exact) mass is 348 g/mol. The van der Waals surface area contributed by atoms with Crippen molar-refractivity contribution >= 4 is 5.97 Å². The van der Waals surface area contributed by atoms with Gasteiger partial charge < -0.3 is 5.11 Å². The van der Waals surface area contributed by atoms with Gasteiger partial charge in [-0.05, 0) is 53.4 Å². The fourth-order valence-corrected chi connectivity index (χ4v) is 1.78. The van der Waals surface area contributed by atoms with Crippen molar-refractivity contribution in [3.63, 3.8) is 0 Å². The van der Waals surface area contributed by atoms with Gasteiger partial charge in [0, 0.05) is 0 Å². The highest BCUT2D eigenvalue weighted by Crippen LogP contribution is 2.31. The first kappa shape index (κ1) is 23.3. The molecule has 1 N–H and O–H groups in total. The van der Waals surface area contributed by atoms with E-state index in [4.69, 9.17) is 19.6 Å². The van der Waals surface area contributed by atoms with Crippen LogP contribution in [0, 0.1) is 0 Å². The molecule has 2 unspecified atom stereocenters. The fourth-order valence-electron chi connectivity index (χ4n) is 1.78. The normalized spacial score (nSPS) is 16.7. The molecule has 0 aromatic rings. The highest BCUT2D eigenvalue weighted by molar-refractivity contribution is 5.78. The Bertz CT molecular complexity index is 380. The van der Waals surface area contributed by atoms with E-state index in [2.05, 4.69) is 0 Å². The maximum absolute atomic E-state index is 12.0. The lowest BCUT2D eigenvalue weighted by molar-refractivity contribution is -0.454. The van der Waals surface area contributed by atoms with E-state index >= 15 is 0 Å². The number of hydrogen-bond acceptors (Lipinski definition) is 5. The van der Waals surface area contributed by atoms with Gasteiger partial charge in [0.25, 0.3) is 0 Å². The summed E-state index contributed by atoms with van der Waals surface area (Å²) in [6.45, 7) is 15.1. The van der Waals surface area contributed by atoms with Crippen LogP contribution in [-0.2, 0) is 24.3 Å². The highest BCUT2D eigenvalue weighted by Gasteiger charge is 2.50. The SMILES string of the molecule is CCCC(OOC(C)(C)CC)C(CC)(OOC(C)(C)CC)C(=O)O. The second-order valence-corrected chi connectivity index (χ2v) is 7.40. The molecular weight excluding hydrogens is 312 g/mol. The summed E-state index contributed by atoms with van der Waals surface area (Å²) in [5.41, 5.74) is -2.71. The topological polar surface area (TPSA) is 74.2 Å². The van der Waals surface area contributed by atoms with Crippen molar-refractivity contribution in [1.82, 2.24) is 0 Å². The Morgan fingerprint density at radius 1 is 0.875 bits per heavy atom. The van der Waals surface area contributed by atoms with E-state index in [1.165, 1.54) is 0 Å². The van der Waals surface area contributed by atoms with Crippen molar-refractivity contribution in [3.05, 3.63) is 0 Å². The molecule has 2 atom stereocenters. The van der Waals surface area contributed by atoms with E-state index in [-0.39, 0.29) is 6.42 Å². The van der Waals surface area contributed by atoms with E-state index in [1.807, 2.05) is 48.5 Å². The average Bonchev–Trinajstić information content (AvgIpc) is 2.53. The predicted octanol–water partition coefficient (Wildman–Crippen LogP) is 4.66. The van der Waals surface area contributed by atoms with E-state index in [1.54, 1.807) is 6.92 Å². The summed E-state index contributed by atoms with van der Waals surface area (Å²) in [6.07, 6.45) is 2.06. The summed E-state index contributed by atoms with van der Waals surface area (Å²) in [4.78, 5) is 34.1. The van der Waals surface area contributed by atoms with Crippen LogP contribution in [0.2, 0.25) is 0 Å². The van der Waals surface area contributed by atoms with Gasteiger partial charge >= 0.3 is 5.97 Å². The van der Waals surface area contributed by atoms with Crippen molar-refractivity contribution in [2.24, 2.45) is 0 Å². The molecule has 24 heavy (non-hydrogen) atoms. The van der Waals surface area contributed by atoms with Crippen LogP contribution in [0.15, 0.2) is 0 Å². The number of carboxylic acid groups (broad SMARTS) is 1. The molecule has 0 amide bonds. The predicted molar refractivity (Wildman–Crippen MR) is 92.4 cm³/mol.